The molecule has 4 rings (SSSR count). The number of rotatable bonds is 3. The summed E-state index contributed by atoms with van der Waals surface area (Å²) in [4.78, 5) is 40.6. The van der Waals surface area contributed by atoms with Crippen molar-refractivity contribution in [1.29, 1.82) is 0 Å². The van der Waals surface area contributed by atoms with Gasteiger partial charge in [0, 0.05) is 29.1 Å². The van der Waals surface area contributed by atoms with E-state index >= 15 is 0 Å². The van der Waals surface area contributed by atoms with E-state index in [1.807, 2.05) is 24.3 Å². The maximum absolute atomic E-state index is 12.8. The Morgan fingerprint density at radius 2 is 1.64 bits per heavy atom. The van der Waals surface area contributed by atoms with Crippen LogP contribution < -0.4 is 0 Å². The lowest BCUT2D eigenvalue weighted by Gasteiger charge is -2.23. The predicted molar refractivity (Wildman–Crippen MR) is 110 cm³/mol. The number of imide groups is 1. The van der Waals surface area contributed by atoms with Crippen LogP contribution in [0.2, 0.25) is 5.02 Å². The molecule has 0 bridgehead atoms. The molecule has 2 heterocycles. The molecule has 1 saturated heterocycles. The highest BCUT2D eigenvalue weighted by atomic mass is 35.5. The van der Waals surface area contributed by atoms with Crippen LogP contribution in [0.5, 0.6) is 0 Å². The highest BCUT2D eigenvalue weighted by Crippen LogP contribution is 2.37. The molecule has 7 heteroatoms. The van der Waals surface area contributed by atoms with Gasteiger partial charge in [0.05, 0.1) is 11.1 Å². The van der Waals surface area contributed by atoms with Crippen molar-refractivity contribution < 1.29 is 14.4 Å². The van der Waals surface area contributed by atoms with Crippen LogP contribution in [0.4, 0.5) is 0 Å². The van der Waals surface area contributed by atoms with E-state index in [1.165, 1.54) is 0 Å². The smallest absolute Gasteiger partial charge is 0.262 e. The van der Waals surface area contributed by atoms with Crippen molar-refractivity contribution in [3.05, 3.63) is 70.2 Å². The summed E-state index contributed by atoms with van der Waals surface area (Å²) in [6, 6.07) is 14.5. The number of nitrogens with zero attached hydrogens (tertiary/aromatic N) is 2. The minimum absolute atomic E-state index is 0.199. The Kier molecular flexibility index (Phi) is 5.42. The summed E-state index contributed by atoms with van der Waals surface area (Å²) < 4.78 is 0. The van der Waals surface area contributed by atoms with Crippen LogP contribution in [0.1, 0.15) is 38.0 Å². The van der Waals surface area contributed by atoms with Crippen molar-refractivity contribution in [1.82, 2.24) is 9.80 Å². The molecular weight excluding hydrogens is 396 g/mol. The van der Waals surface area contributed by atoms with Gasteiger partial charge in [0.2, 0.25) is 5.91 Å². The first-order valence-corrected chi connectivity index (χ1v) is 10.6. The number of thioether (sulfide) groups is 1. The zero-order valence-electron chi connectivity index (χ0n) is 15.1. The van der Waals surface area contributed by atoms with Crippen LogP contribution in [-0.2, 0) is 4.79 Å². The Hall–Kier alpha value is -2.31. The molecule has 2 aromatic rings. The summed E-state index contributed by atoms with van der Waals surface area (Å²) in [5.41, 5.74) is 1.82. The van der Waals surface area contributed by atoms with Crippen LogP contribution in [0, 0.1) is 0 Å². The Balaban J connectivity index is 1.42. The van der Waals surface area contributed by atoms with E-state index in [9.17, 15) is 14.4 Å². The van der Waals surface area contributed by atoms with E-state index < -0.39 is 11.8 Å². The lowest BCUT2D eigenvalue weighted by Crippen LogP contribution is -2.43. The quantitative estimate of drug-likeness (QED) is 0.719. The zero-order valence-corrected chi connectivity index (χ0v) is 16.7. The summed E-state index contributed by atoms with van der Waals surface area (Å²) >= 11 is 8.10. The van der Waals surface area contributed by atoms with Gasteiger partial charge in [0.15, 0.2) is 0 Å². The second-order valence-electron chi connectivity index (χ2n) is 6.79. The molecule has 0 aromatic heterocycles. The van der Waals surface area contributed by atoms with Gasteiger partial charge in [-0.25, -0.2) is 0 Å². The van der Waals surface area contributed by atoms with Gasteiger partial charge in [-0.05, 0) is 30.2 Å². The molecule has 1 fully saturated rings. The number of amides is 3. The summed E-state index contributed by atoms with van der Waals surface area (Å²) in [5.74, 6) is -0.210. The van der Waals surface area contributed by atoms with Gasteiger partial charge in [0.1, 0.15) is 6.54 Å². The second kappa shape index (κ2) is 7.97. The fourth-order valence-electron chi connectivity index (χ4n) is 3.62. The molecule has 144 valence electrons. The lowest BCUT2D eigenvalue weighted by molar-refractivity contribution is -0.131. The van der Waals surface area contributed by atoms with Crippen molar-refractivity contribution in [2.24, 2.45) is 0 Å². The highest BCUT2D eigenvalue weighted by molar-refractivity contribution is 7.99. The summed E-state index contributed by atoms with van der Waals surface area (Å²) in [6.45, 7) is 0.951. The first-order chi connectivity index (χ1) is 13.6. The number of halogens is 1. The Bertz CT molecular complexity index is 914. The van der Waals surface area contributed by atoms with Gasteiger partial charge in [-0.15, -0.1) is 0 Å². The van der Waals surface area contributed by atoms with Crippen molar-refractivity contribution >= 4 is 41.1 Å². The van der Waals surface area contributed by atoms with Gasteiger partial charge >= 0.3 is 0 Å². The van der Waals surface area contributed by atoms with Crippen molar-refractivity contribution in [2.45, 2.75) is 11.7 Å². The van der Waals surface area contributed by atoms with Crippen molar-refractivity contribution in [3.63, 3.8) is 0 Å². The second-order valence-corrected chi connectivity index (χ2v) is 8.51. The van der Waals surface area contributed by atoms with Crippen LogP contribution >= 0.6 is 23.4 Å². The molecular formula is C21H19ClN2O3S. The molecule has 0 N–H and O–H groups in total. The van der Waals surface area contributed by atoms with Gasteiger partial charge in [0.25, 0.3) is 11.8 Å². The molecule has 1 unspecified atom stereocenters. The maximum atomic E-state index is 12.8. The summed E-state index contributed by atoms with van der Waals surface area (Å²) in [6.07, 6.45) is 0.780. The largest absolute Gasteiger partial charge is 0.340 e. The van der Waals surface area contributed by atoms with E-state index in [-0.39, 0.29) is 17.7 Å². The minimum Gasteiger partial charge on any atom is -0.340 e. The van der Waals surface area contributed by atoms with E-state index in [1.54, 1.807) is 40.9 Å². The summed E-state index contributed by atoms with van der Waals surface area (Å²) in [5, 5.41) is 0.969. The molecule has 0 saturated carbocycles. The molecule has 3 amide bonds. The van der Waals surface area contributed by atoms with E-state index in [0.717, 1.165) is 27.7 Å². The molecule has 0 radical (unpaired) electrons. The molecule has 2 aliphatic heterocycles. The molecule has 2 aromatic carbocycles. The molecule has 28 heavy (non-hydrogen) atoms. The molecule has 1 atom stereocenters. The minimum atomic E-state index is -0.396. The number of hydrogen-bond donors (Lipinski definition) is 0. The standard InChI is InChI=1S/C21H19ClN2O3S/c22-17-8-4-3-7-16(17)18-9-10-23(11-12-28-18)19(25)13-24-20(26)14-5-1-2-6-15(14)21(24)27/h1-8,18H,9-13H2. The van der Waals surface area contributed by atoms with Crippen LogP contribution in [-0.4, -0.2) is 52.9 Å². The summed E-state index contributed by atoms with van der Waals surface area (Å²) in [7, 11) is 0. The Morgan fingerprint density at radius 3 is 2.32 bits per heavy atom. The maximum Gasteiger partial charge on any atom is 0.262 e. The van der Waals surface area contributed by atoms with E-state index in [0.29, 0.717) is 24.2 Å². The third-order valence-electron chi connectivity index (χ3n) is 5.12. The average molecular weight is 415 g/mol. The fraction of sp³-hybridized carbons (Fsp3) is 0.286. The number of hydrogen-bond acceptors (Lipinski definition) is 4. The molecule has 0 aliphatic carbocycles. The highest BCUT2D eigenvalue weighted by Gasteiger charge is 2.37. The first kappa shape index (κ1) is 19.0. The monoisotopic (exact) mass is 414 g/mol. The van der Waals surface area contributed by atoms with E-state index in [2.05, 4.69) is 0 Å². The van der Waals surface area contributed by atoms with Gasteiger partial charge in [-0.1, -0.05) is 41.9 Å². The number of carbonyl (C=O) groups is 3. The Labute approximate surface area is 172 Å². The molecule has 5 nitrogen and oxygen atoms in total. The van der Waals surface area contributed by atoms with Crippen LogP contribution in [0.3, 0.4) is 0 Å². The lowest BCUT2D eigenvalue weighted by atomic mass is 10.1. The topological polar surface area (TPSA) is 57.7 Å². The third-order valence-corrected chi connectivity index (χ3v) is 6.77. The SMILES string of the molecule is O=C(CN1C(=O)c2ccccc2C1=O)N1CCSC(c2ccccc2Cl)CC1. The first-order valence-electron chi connectivity index (χ1n) is 9.15. The van der Waals surface area contributed by atoms with Crippen LogP contribution in [0.25, 0.3) is 0 Å². The average Bonchev–Trinajstić information content (AvgIpc) is 2.87. The third kappa shape index (κ3) is 3.54. The van der Waals surface area contributed by atoms with Gasteiger partial charge < -0.3 is 4.90 Å². The zero-order chi connectivity index (χ0) is 19.7. The molecule has 2 aliphatic rings. The fourth-order valence-corrected chi connectivity index (χ4v) is 5.22. The van der Waals surface area contributed by atoms with E-state index in [4.69, 9.17) is 11.6 Å². The normalized spacial score (nSPS) is 19.5. The molecule has 0 spiro atoms. The van der Waals surface area contributed by atoms with Gasteiger partial charge in [-0.3, -0.25) is 19.3 Å². The predicted octanol–water partition coefficient (Wildman–Crippen LogP) is 3.64. The van der Waals surface area contributed by atoms with Crippen molar-refractivity contribution in [2.75, 3.05) is 25.4 Å². The van der Waals surface area contributed by atoms with Gasteiger partial charge in [-0.2, -0.15) is 11.8 Å². The number of benzene rings is 2. The van der Waals surface area contributed by atoms with Crippen LogP contribution in [0.15, 0.2) is 48.5 Å². The number of carbonyl (C=O) groups excluding carboxylic acids is 3. The number of fused-ring (bicyclic) bond motifs is 1. The van der Waals surface area contributed by atoms with Crippen molar-refractivity contribution in [3.8, 4) is 0 Å². The Morgan fingerprint density at radius 1 is 1.00 bits per heavy atom.